The lowest BCUT2D eigenvalue weighted by Gasteiger charge is -2.13. The second kappa shape index (κ2) is 7.03. The number of hydrogen-bond acceptors (Lipinski definition) is 5. The average molecular weight is 354 g/mol. The van der Waals surface area contributed by atoms with Crippen LogP contribution in [0.4, 0.5) is 5.69 Å². The molecule has 0 fully saturated rings. The molecule has 0 aliphatic carbocycles. The normalized spacial score (nSPS) is 10.9. The van der Waals surface area contributed by atoms with Gasteiger partial charge in [0.15, 0.2) is 0 Å². The van der Waals surface area contributed by atoms with Gasteiger partial charge in [0.1, 0.15) is 24.0 Å². The van der Waals surface area contributed by atoms with E-state index in [9.17, 15) is 9.59 Å². The highest BCUT2D eigenvalue weighted by Crippen LogP contribution is 2.19. The molecule has 0 spiro atoms. The van der Waals surface area contributed by atoms with Crippen molar-refractivity contribution in [3.8, 4) is 0 Å². The van der Waals surface area contributed by atoms with Crippen molar-refractivity contribution in [1.82, 2.24) is 14.9 Å². The summed E-state index contributed by atoms with van der Waals surface area (Å²) >= 11 is 0. The smallest absolute Gasteiger partial charge is 0.265 e. The molecular formula is C19H22N4O3. The minimum Gasteiger partial charge on any atom is -0.443 e. The Bertz CT molecular complexity index is 1000. The molecule has 0 saturated carbocycles. The Hall–Kier alpha value is -3.09. The standard InChI is InChI=1S/C19H22N4O3/c1-12-13(2)26-18-17(12)19(25)23(11-21-18)10-16(24)20-9-14-5-7-15(8-6-14)22(3)4/h5-8,11H,9-10H2,1-4H3,(H,20,24). The fourth-order valence-corrected chi connectivity index (χ4v) is 2.71. The molecule has 3 rings (SSSR count). The van der Waals surface area contributed by atoms with E-state index in [0.29, 0.717) is 23.4 Å². The summed E-state index contributed by atoms with van der Waals surface area (Å²) in [7, 11) is 3.95. The van der Waals surface area contributed by atoms with Gasteiger partial charge in [-0.15, -0.1) is 0 Å². The third kappa shape index (κ3) is 3.46. The van der Waals surface area contributed by atoms with E-state index in [1.54, 1.807) is 6.92 Å². The number of nitrogens with zero attached hydrogens (tertiary/aromatic N) is 3. The molecule has 1 aromatic carbocycles. The van der Waals surface area contributed by atoms with E-state index in [0.717, 1.165) is 16.8 Å². The van der Waals surface area contributed by atoms with Crippen LogP contribution in [-0.2, 0) is 17.9 Å². The van der Waals surface area contributed by atoms with Crippen molar-refractivity contribution in [2.45, 2.75) is 26.9 Å². The van der Waals surface area contributed by atoms with Gasteiger partial charge in [-0.3, -0.25) is 14.2 Å². The minimum atomic E-state index is -0.269. The fourth-order valence-electron chi connectivity index (χ4n) is 2.71. The molecule has 0 bridgehead atoms. The monoisotopic (exact) mass is 354 g/mol. The summed E-state index contributed by atoms with van der Waals surface area (Å²) in [5.41, 5.74) is 2.88. The Kier molecular flexibility index (Phi) is 4.79. The lowest BCUT2D eigenvalue weighted by atomic mass is 10.2. The predicted molar refractivity (Wildman–Crippen MR) is 100 cm³/mol. The predicted octanol–water partition coefficient (Wildman–Crippen LogP) is 1.99. The lowest BCUT2D eigenvalue weighted by molar-refractivity contribution is -0.121. The van der Waals surface area contributed by atoms with E-state index in [4.69, 9.17) is 4.42 Å². The van der Waals surface area contributed by atoms with Crippen molar-refractivity contribution in [2.75, 3.05) is 19.0 Å². The van der Waals surface area contributed by atoms with Crippen LogP contribution in [0.15, 0.2) is 39.8 Å². The van der Waals surface area contributed by atoms with E-state index in [1.165, 1.54) is 10.9 Å². The molecule has 2 aromatic heterocycles. The molecule has 2 heterocycles. The van der Waals surface area contributed by atoms with Gasteiger partial charge in [0.2, 0.25) is 11.6 Å². The van der Waals surface area contributed by atoms with E-state index >= 15 is 0 Å². The maximum Gasteiger partial charge on any atom is 0.265 e. The summed E-state index contributed by atoms with van der Waals surface area (Å²) < 4.78 is 6.74. The van der Waals surface area contributed by atoms with Crippen molar-refractivity contribution in [1.29, 1.82) is 0 Å². The quantitative estimate of drug-likeness (QED) is 0.758. The number of furan rings is 1. The summed E-state index contributed by atoms with van der Waals surface area (Å²) in [4.78, 5) is 30.9. The van der Waals surface area contributed by atoms with Crippen LogP contribution in [0.2, 0.25) is 0 Å². The van der Waals surface area contributed by atoms with Gasteiger partial charge in [0, 0.05) is 31.9 Å². The van der Waals surface area contributed by atoms with Crippen LogP contribution in [0.5, 0.6) is 0 Å². The van der Waals surface area contributed by atoms with Gasteiger partial charge in [-0.1, -0.05) is 12.1 Å². The van der Waals surface area contributed by atoms with Gasteiger partial charge in [-0.25, -0.2) is 4.98 Å². The maximum absolute atomic E-state index is 12.6. The summed E-state index contributed by atoms with van der Waals surface area (Å²) in [5, 5.41) is 3.26. The van der Waals surface area contributed by atoms with Crippen molar-refractivity contribution < 1.29 is 9.21 Å². The summed E-state index contributed by atoms with van der Waals surface area (Å²) in [6, 6.07) is 7.92. The zero-order chi connectivity index (χ0) is 18.8. The SMILES string of the molecule is Cc1oc2ncn(CC(=O)NCc3ccc(N(C)C)cc3)c(=O)c2c1C. The molecule has 7 heteroatoms. The summed E-state index contributed by atoms with van der Waals surface area (Å²) in [6.45, 7) is 3.92. The third-order valence-corrected chi connectivity index (χ3v) is 4.41. The molecule has 0 radical (unpaired) electrons. The second-order valence-corrected chi connectivity index (χ2v) is 6.48. The first kappa shape index (κ1) is 17.7. The van der Waals surface area contributed by atoms with Gasteiger partial charge < -0.3 is 14.6 Å². The molecule has 1 N–H and O–H groups in total. The number of aryl methyl sites for hydroxylation is 2. The number of rotatable bonds is 5. The molecule has 1 amide bonds. The number of hydrogen-bond donors (Lipinski definition) is 1. The molecule has 0 saturated heterocycles. The van der Waals surface area contributed by atoms with E-state index < -0.39 is 0 Å². The number of amides is 1. The maximum atomic E-state index is 12.6. The largest absolute Gasteiger partial charge is 0.443 e. The van der Waals surface area contributed by atoms with Crippen molar-refractivity contribution in [3.05, 3.63) is 57.8 Å². The molecule has 0 atom stereocenters. The van der Waals surface area contributed by atoms with Gasteiger partial charge in [0.05, 0.1) is 0 Å². The van der Waals surface area contributed by atoms with Crippen LogP contribution in [0, 0.1) is 13.8 Å². The van der Waals surface area contributed by atoms with Crippen molar-refractivity contribution in [2.24, 2.45) is 0 Å². The molecule has 0 aliphatic heterocycles. The van der Waals surface area contributed by atoms with Gasteiger partial charge >= 0.3 is 0 Å². The number of carbonyl (C=O) groups excluding carboxylic acids is 1. The Morgan fingerprint density at radius 3 is 2.58 bits per heavy atom. The van der Waals surface area contributed by atoms with Crippen LogP contribution in [0.3, 0.4) is 0 Å². The number of benzene rings is 1. The van der Waals surface area contributed by atoms with Crippen LogP contribution >= 0.6 is 0 Å². The highest BCUT2D eigenvalue weighted by molar-refractivity contribution is 5.79. The van der Waals surface area contributed by atoms with Crippen LogP contribution in [0.25, 0.3) is 11.1 Å². The zero-order valence-electron chi connectivity index (χ0n) is 15.4. The van der Waals surface area contributed by atoms with Crippen molar-refractivity contribution >= 4 is 22.7 Å². The zero-order valence-corrected chi connectivity index (χ0v) is 15.4. The Balaban J connectivity index is 1.68. The number of aromatic nitrogens is 2. The van der Waals surface area contributed by atoms with E-state index in [2.05, 4.69) is 10.3 Å². The van der Waals surface area contributed by atoms with Crippen molar-refractivity contribution in [3.63, 3.8) is 0 Å². The fraction of sp³-hybridized carbons (Fsp3) is 0.316. The first-order valence-electron chi connectivity index (χ1n) is 8.35. The molecular weight excluding hydrogens is 332 g/mol. The molecule has 7 nitrogen and oxygen atoms in total. The van der Waals surface area contributed by atoms with E-state index in [1.807, 2.05) is 50.2 Å². The molecule has 26 heavy (non-hydrogen) atoms. The molecule has 3 aromatic rings. The number of nitrogens with one attached hydrogen (secondary N) is 1. The average Bonchev–Trinajstić information content (AvgIpc) is 2.91. The number of carbonyl (C=O) groups is 1. The highest BCUT2D eigenvalue weighted by Gasteiger charge is 2.15. The van der Waals surface area contributed by atoms with Gasteiger partial charge in [-0.05, 0) is 31.5 Å². The van der Waals surface area contributed by atoms with Gasteiger partial charge in [-0.2, -0.15) is 0 Å². The lowest BCUT2D eigenvalue weighted by Crippen LogP contribution is -2.32. The van der Waals surface area contributed by atoms with Crippen LogP contribution < -0.4 is 15.8 Å². The molecule has 136 valence electrons. The Morgan fingerprint density at radius 1 is 1.23 bits per heavy atom. The number of fused-ring (bicyclic) bond motifs is 1. The Labute approximate surface area is 151 Å². The summed E-state index contributed by atoms with van der Waals surface area (Å²) in [5.74, 6) is 0.413. The second-order valence-electron chi connectivity index (χ2n) is 6.48. The Morgan fingerprint density at radius 2 is 1.92 bits per heavy atom. The first-order chi connectivity index (χ1) is 12.4. The van der Waals surface area contributed by atoms with Crippen LogP contribution in [-0.4, -0.2) is 29.6 Å². The topological polar surface area (TPSA) is 80.4 Å². The number of anilines is 1. The van der Waals surface area contributed by atoms with Gasteiger partial charge in [0.25, 0.3) is 5.56 Å². The molecule has 0 aliphatic rings. The minimum absolute atomic E-state index is 0.0821. The first-order valence-corrected chi connectivity index (χ1v) is 8.35. The summed E-state index contributed by atoms with van der Waals surface area (Å²) in [6.07, 6.45) is 1.35. The highest BCUT2D eigenvalue weighted by atomic mass is 16.3. The van der Waals surface area contributed by atoms with Crippen LogP contribution in [0.1, 0.15) is 16.9 Å². The molecule has 0 unspecified atom stereocenters. The van der Waals surface area contributed by atoms with E-state index in [-0.39, 0.29) is 18.0 Å². The third-order valence-electron chi connectivity index (χ3n) is 4.41.